The molecule has 0 saturated heterocycles. The number of aryl methyl sites for hydroxylation is 3. The lowest BCUT2D eigenvalue weighted by atomic mass is 10.0. The van der Waals surface area contributed by atoms with Crippen LogP contribution >= 0.6 is 0 Å². The van der Waals surface area contributed by atoms with E-state index in [1.807, 2.05) is 88.4 Å². The maximum atomic E-state index is 14.1. The molecule has 0 bridgehead atoms. The van der Waals surface area contributed by atoms with Gasteiger partial charge in [-0.2, -0.15) is 0 Å². The largest absolute Gasteiger partial charge is 0.354 e. The molecule has 0 spiro atoms. The van der Waals surface area contributed by atoms with Gasteiger partial charge in [-0.15, -0.1) is 0 Å². The summed E-state index contributed by atoms with van der Waals surface area (Å²) in [6, 6.07) is 21.9. The third-order valence-corrected chi connectivity index (χ3v) is 8.17. The van der Waals surface area contributed by atoms with E-state index in [1.54, 1.807) is 12.1 Å². The van der Waals surface area contributed by atoms with Gasteiger partial charge in [-0.25, -0.2) is 8.42 Å². The van der Waals surface area contributed by atoms with Crippen molar-refractivity contribution in [2.24, 2.45) is 0 Å². The number of rotatable bonds is 13. The van der Waals surface area contributed by atoms with Crippen molar-refractivity contribution in [3.63, 3.8) is 0 Å². The van der Waals surface area contributed by atoms with E-state index < -0.39 is 28.5 Å². The highest BCUT2D eigenvalue weighted by atomic mass is 32.2. The molecule has 0 saturated carbocycles. The van der Waals surface area contributed by atoms with Crippen LogP contribution in [0.3, 0.4) is 0 Å². The van der Waals surface area contributed by atoms with Crippen LogP contribution in [0.1, 0.15) is 47.6 Å². The van der Waals surface area contributed by atoms with Gasteiger partial charge in [0.2, 0.25) is 21.8 Å². The van der Waals surface area contributed by atoms with Crippen molar-refractivity contribution in [3.8, 4) is 0 Å². The zero-order valence-corrected chi connectivity index (χ0v) is 25.0. The Hall–Kier alpha value is -3.65. The molecule has 214 valence electrons. The Labute approximate surface area is 239 Å². The second-order valence-corrected chi connectivity index (χ2v) is 12.3. The van der Waals surface area contributed by atoms with Gasteiger partial charge in [-0.3, -0.25) is 13.9 Å². The second kappa shape index (κ2) is 14.1. The van der Waals surface area contributed by atoms with Gasteiger partial charge in [0, 0.05) is 19.5 Å². The maximum absolute atomic E-state index is 14.1. The van der Waals surface area contributed by atoms with Crippen molar-refractivity contribution in [2.75, 3.05) is 23.7 Å². The number of unbranched alkanes of at least 4 members (excludes halogenated alkanes) is 1. The van der Waals surface area contributed by atoms with E-state index in [0.717, 1.165) is 51.2 Å². The minimum Gasteiger partial charge on any atom is -0.354 e. The lowest BCUT2D eigenvalue weighted by Crippen LogP contribution is -2.53. The van der Waals surface area contributed by atoms with Crippen LogP contribution in [0.15, 0.2) is 72.8 Å². The van der Waals surface area contributed by atoms with Gasteiger partial charge in [-0.1, -0.05) is 79.6 Å². The Bertz CT molecular complexity index is 1390. The van der Waals surface area contributed by atoms with Gasteiger partial charge in [-0.05, 0) is 61.6 Å². The van der Waals surface area contributed by atoms with Crippen LogP contribution in [0, 0.1) is 20.8 Å². The molecule has 0 heterocycles. The third kappa shape index (κ3) is 8.68. The number of nitrogens with one attached hydrogen (secondary N) is 1. The smallest absolute Gasteiger partial charge is 0.244 e. The van der Waals surface area contributed by atoms with Gasteiger partial charge in [0.05, 0.1) is 11.9 Å². The highest BCUT2D eigenvalue weighted by molar-refractivity contribution is 7.92. The molecule has 0 radical (unpaired) electrons. The Balaban J connectivity index is 2.03. The number of hydrogen-bond acceptors (Lipinski definition) is 4. The van der Waals surface area contributed by atoms with Crippen LogP contribution in [-0.4, -0.2) is 50.5 Å². The van der Waals surface area contributed by atoms with Crippen LogP contribution in [0.25, 0.3) is 0 Å². The Morgan fingerprint density at radius 3 is 2.15 bits per heavy atom. The third-order valence-electron chi connectivity index (χ3n) is 7.03. The summed E-state index contributed by atoms with van der Waals surface area (Å²) in [5, 5.41) is 3.00. The summed E-state index contributed by atoms with van der Waals surface area (Å²) in [4.78, 5) is 29.2. The number of sulfonamides is 1. The molecule has 40 heavy (non-hydrogen) atoms. The second-order valence-electron chi connectivity index (χ2n) is 10.4. The molecule has 1 N–H and O–H groups in total. The molecule has 0 aromatic heterocycles. The van der Waals surface area contributed by atoms with Gasteiger partial charge < -0.3 is 10.2 Å². The number of nitrogens with zero attached hydrogens (tertiary/aromatic N) is 2. The molecular weight excluding hydrogens is 522 g/mol. The van der Waals surface area contributed by atoms with Gasteiger partial charge in [0.1, 0.15) is 12.6 Å². The Morgan fingerprint density at radius 2 is 1.55 bits per heavy atom. The van der Waals surface area contributed by atoms with Gasteiger partial charge >= 0.3 is 0 Å². The molecular formula is C32H41N3O4S. The van der Waals surface area contributed by atoms with E-state index in [0.29, 0.717) is 18.7 Å². The molecule has 2 amide bonds. The molecule has 0 aliphatic carbocycles. The number of carbonyl (C=O) groups excluding carboxylic acids is 2. The van der Waals surface area contributed by atoms with Crippen LogP contribution in [0.5, 0.6) is 0 Å². The van der Waals surface area contributed by atoms with Crippen LogP contribution in [-0.2, 0) is 32.6 Å². The minimum absolute atomic E-state index is 0.169. The molecule has 8 heteroatoms. The van der Waals surface area contributed by atoms with Crippen LogP contribution in [0.2, 0.25) is 0 Å². The van der Waals surface area contributed by atoms with Crippen molar-refractivity contribution < 1.29 is 18.0 Å². The molecule has 3 aromatic carbocycles. The average molecular weight is 564 g/mol. The molecule has 7 nitrogen and oxygen atoms in total. The first kappa shape index (κ1) is 30.9. The van der Waals surface area contributed by atoms with E-state index >= 15 is 0 Å². The van der Waals surface area contributed by atoms with Gasteiger partial charge in [0.15, 0.2) is 0 Å². The number of carbonyl (C=O) groups is 2. The lowest BCUT2D eigenvalue weighted by molar-refractivity contribution is -0.140. The fraction of sp³-hybridized carbons (Fsp3) is 0.375. The van der Waals surface area contributed by atoms with Crippen molar-refractivity contribution in [1.29, 1.82) is 0 Å². The molecule has 0 unspecified atom stereocenters. The fourth-order valence-corrected chi connectivity index (χ4v) is 5.29. The molecule has 1 atom stereocenters. The van der Waals surface area contributed by atoms with Crippen LogP contribution < -0.4 is 9.62 Å². The lowest BCUT2D eigenvalue weighted by Gasteiger charge is -2.33. The summed E-state index contributed by atoms with van der Waals surface area (Å²) in [7, 11) is -3.79. The number of hydrogen-bond donors (Lipinski definition) is 1. The first-order valence-corrected chi connectivity index (χ1v) is 15.6. The standard InChI is InChI=1S/C32H41N3O4S/c1-6-7-19-33-32(37)30(21-27-11-9-8-10-12-27)34(22-28-16-13-24(2)14-17-28)31(36)23-35(40(5,38)39)29-18-15-25(3)26(4)20-29/h8-18,20,30H,6-7,19,21-23H2,1-5H3,(H,33,37)/t30-/m1/s1. The summed E-state index contributed by atoms with van der Waals surface area (Å²) in [6.45, 7) is 8.15. The summed E-state index contributed by atoms with van der Waals surface area (Å²) < 4.78 is 27.0. The minimum atomic E-state index is -3.79. The number of amides is 2. The quantitative estimate of drug-likeness (QED) is 0.299. The average Bonchev–Trinajstić information content (AvgIpc) is 2.92. The van der Waals surface area contributed by atoms with Crippen molar-refractivity contribution in [3.05, 3.63) is 101 Å². The van der Waals surface area contributed by atoms with Crippen LogP contribution in [0.4, 0.5) is 5.69 Å². The maximum Gasteiger partial charge on any atom is 0.244 e. The molecule has 0 fully saturated rings. The van der Waals surface area contributed by atoms with Crippen molar-refractivity contribution in [2.45, 2.75) is 59.5 Å². The van der Waals surface area contributed by atoms with E-state index in [9.17, 15) is 18.0 Å². The topological polar surface area (TPSA) is 86.8 Å². The van der Waals surface area contributed by atoms with Gasteiger partial charge in [0.25, 0.3) is 0 Å². The summed E-state index contributed by atoms with van der Waals surface area (Å²) in [5.74, 6) is -0.703. The van der Waals surface area contributed by atoms with E-state index in [4.69, 9.17) is 0 Å². The fourth-order valence-electron chi connectivity index (χ4n) is 4.44. The molecule has 3 aromatic rings. The SMILES string of the molecule is CCCCNC(=O)[C@@H](Cc1ccccc1)N(Cc1ccc(C)cc1)C(=O)CN(c1ccc(C)c(C)c1)S(C)(=O)=O. The first-order chi connectivity index (χ1) is 19.0. The highest BCUT2D eigenvalue weighted by Gasteiger charge is 2.33. The molecule has 0 aliphatic heterocycles. The highest BCUT2D eigenvalue weighted by Crippen LogP contribution is 2.23. The van der Waals surface area contributed by atoms with Crippen molar-refractivity contribution >= 4 is 27.5 Å². The zero-order valence-electron chi connectivity index (χ0n) is 24.2. The van der Waals surface area contributed by atoms with Crippen molar-refractivity contribution in [1.82, 2.24) is 10.2 Å². The Kier molecular flexibility index (Phi) is 10.9. The first-order valence-electron chi connectivity index (χ1n) is 13.7. The monoisotopic (exact) mass is 563 g/mol. The summed E-state index contributed by atoms with van der Waals surface area (Å²) in [6.07, 6.45) is 3.15. The summed E-state index contributed by atoms with van der Waals surface area (Å²) >= 11 is 0. The molecule has 0 aliphatic rings. The predicted octanol–water partition coefficient (Wildman–Crippen LogP) is 4.93. The summed E-state index contributed by atoms with van der Waals surface area (Å²) in [5.41, 5.74) is 5.21. The number of benzene rings is 3. The molecule has 3 rings (SSSR count). The normalized spacial score (nSPS) is 12.0. The zero-order chi connectivity index (χ0) is 29.3. The van der Waals surface area contributed by atoms with E-state index in [1.165, 1.54) is 4.90 Å². The Morgan fingerprint density at radius 1 is 0.875 bits per heavy atom. The van der Waals surface area contributed by atoms with E-state index in [2.05, 4.69) is 5.32 Å². The number of anilines is 1. The van der Waals surface area contributed by atoms with E-state index in [-0.39, 0.29) is 12.5 Å². The predicted molar refractivity (Wildman–Crippen MR) is 162 cm³/mol.